The van der Waals surface area contributed by atoms with Crippen LogP contribution >= 0.6 is 23.1 Å². The summed E-state index contributed by atoms with van der Waals surface area (Å²) in [7, 11) is 0. The van der Waals surface area contributed by atoms with Gasteiger partial charge in [-0.1, -0.05) is 25.1 Å². The van der Waals surface area contributed by atoms with Gasteiger partial charge in [0, 0.05) is 16.7 Å². The van der Waals surface area contributed by atoms with Crippen LogP contribution in [0.1, 0.15) is 36.6 Å². The minimum absolute atomic E-state index is 0.707. The van der Waals surface area contributed by atoms with E-state index < -0.39 is 0 Å². The van der Waals surface area contributed by atoms with Crippen molar-refractivity contribution in [3.8, 4) is 0 Å². The van der Waals surface area contributed by atoms with Crippen molar-refractivity contribution < 1.29 is 0 Å². The molecular formula is C14H20N2S2. The smallest absolute Gasteiger partial charge is 0.157 e. The molecule has 0 aromatic carbocycles. The molecule has 1 saturated heterocycles. The first kappa shape index (κ1) is 12.5. The number of fused-ring (bicyclic) bond motifs is 1. The second kappa shape index (κ2) is 5.66. The van der Waals surface area contributed by atoms with E-state index >= 15 is 0 Å². The summed E-state index contributed by atoms with van der Waals surface area (Å²) < 4.78 is 0. The zero-order valence-corrected chi connectivity index (χ0v) is 12.4. The molecule has 2 aliphatic rings. The van der Waals surface area contributed by atoms with Crippen LogP contribution in [0.4, 0.5) is 0 Å². The average molecular weight is 280 g/mol. The topological polar surface area (TPSA) is 24.4 Å². The Morgan fingerprint density at radius 2 is 2.39 bits per heavy atom. The van der Waals surface area contributed by atoms with Gasteiger partial charge < -0.3 is 5.32 Å². The standard InChI is InChI=1S/C14H20N2S2/c1-2-10-6-7-17-13(10)8-15-14-16-12-5-3-4-11(12)9-18-14/h6-7,11-12H,2-5,8-9H2,1H3,(H,15,16). The summed E-state index contributed by atoms with van der Waals surface area (Å²) in [4.78, 5) is 6.21. The number of amidine groups is 1. The van der Waals surface area contributed by atoms with Crippen molar-refractivity contribution in [3.63, 3.8) is 0 Å². The number of nitrogens with zero attached hydrogens (tertiary/aromatic N) is 1. The number of thiophene rings is 1. The number of nitrogens with one attached hydrogen (secondary N) is 1. The molecule has 0 spiro atoms. The van der Waals surface area contributed by atoms with Crippen LogP contribution in [0.2, 0.25) is 0 Å². The molecule has 1 aromatic rings. The molecule has 2 nitrogen and oxygen atoms in total. The van der Waals surface area contributed by atoms with E-state index in [9.17, 15) is 0 Å². The SMILES string of the molecule is CCc1ccsc1CN=C1NC2CCCC2CS1. The van der Waals surface area contributed by atoms with E-state index in [0.717, 1.165) is 18.9 Å². The summed E-state index contributed by atoms with van der Waals surface area (Å²) in [6.45, 7) is 3.07. The lowest BCUT2D eigenvalue weighted by Gasteiger charge is -2.28. The number of aryl methyl sites for hydroxylation is 1. The van der Waals surface area contributed by atoms with E-state index in [-0.39, 0.29) is 0 Å². The number of thioether (sulfide) groups is 1. The van der Waals surface area contributed by atoms with E-state index in [1.165, 1.54) is 40.6 Å². The first-order valence-corrected chi connectivity index (χ1v) is 8.72. The van der Waals surface area contributed by atoms with Crippen LogP contribution in [0, 0.1) is 5.92 Å². The Morgan fingerprint density at radius 3 is 3.28 bits per heavy atom. The largest absolute Gasteiger partial charge is 0.362 e. The molecule has 4 heteroatoms. The summed E-state index contributed by atoms with van der Waals surface area (Å²) >= 11 is 3.76. The van der Waals surface area contributed by atoms with Crippen molar-refractivity contribution in [1.29, 1.82) is 0 Å². The summed E-state index contributed by atoms with van der Waals surface area (Å²) in [5.74, 6) is 2.16. The van der Waals surface area contributed by atoms with Crippen LogP contribution in [-0.4, -0.2) is 17.0 Å². The zero-order valence-electron chi connectivity index (χ0n) is 10.8. The van der Waals surface area contributed by atoms with Crippen molar-refractivity contribution >= 4 is 28.3 Å². The Bertz CT molecular complexity index is 439. The van der Waals surface area contributed by atoms with Crippen LogP contribution in [0.3, 0.4) is 0 Å². The summed E-state index contributed by atoms with van der Waals surface area (Å²) in [5, 5.41) is 6.99. The average Bonchev–Trinajstić information content (AvgIpc) is 3.04. The third-order valence-corrected chi connectivity index (χ3v) is 6.05. The Hall–Kier alpha value is -0.480. The molecule has 0 amide bonds. The van der Waals surface area contributed by atoms with Crippen LogP contribution in [-0.2, 0) is 13.0 Å². The Labute approximate surface area is 117 Å². The van der Waals surface area contributed by atoms with E-state index in [1.54, 1.807) is 0 Å². The molecule has 1 N–H and O–H groups in total. The van der Waals surface area contributed by atoms with Crippen molar-refractivity contribution in [1.82, 2.24) is 5.32 Å². The zero-order chi connectivity index (χ0) is 12.4. The third kappa shape index (κ3) is 2.59. The van der Waals surface area contributed by atoms with Crippen LogP contribution in [0.5, 0.6) is 0 Å². The Balaban J connectivity index is 1.63. The molecule has 1 saturated carbocycles. The Kier molecular flexibility index (Phi) is 3.94. The van der Waals surface area contributed by atoms with Gasteiger partial charge in [-0.3, -0.25) is 4.99 Å². The minimum atomic E-state index is 0.707. The molecule has 0 bridgehead atoms. The predicted molar refractivity (Wildman–Crippen MR) is 81.6 cm³/mol. The second-order valence-electron chi connectivity index (χ2n) is 5.10. The molecule has 0 radical (unpaired) electrons. The van der Waals surface area contributed by atoms with Gasteiger partial charge in [0.05, 0.1) is 6.54 Å². The van der Waals surface area contributed by atoms with Crippen LogP contribution in [0.15, 0.2) is 16.4 Å². The maximum absolute atomic E-state index is 4.77. The number of aliphatic imine (C=N–C) groups is 1. The lowest BCUT2D eigenvalue weighted by Crippen LogP contribution is -2.41. The number of hydrogen-bond donors (Lipinski definition) is 1. The summed E-state index contributed by atoms with van der Waals surface area (Å²) in [6.07, 6.45) is 5.25. The van der Waals surface area contributed by atoms with Crippen molar-refractivity contribution in [2.75, 3.05) is 5.75 Å². The molecule has 2 heterocycles. The molecule has 2 unspecified atom stereocenters. The van der Waals surface area contributed by atoms with Gasteiger partial charge in [0.15, 0.2) is 5.17 Å². The van der Waals surface area contributed by atoms with Crippen LogP contribution < -0.4 is 5.32 Å². The highest BCUT2D eigenvalue weighted by Crippen LogP contribution is 2.33. The predicted octanol–water partition coefficient (Wildman–Crippen LogP) is 3.67. The van der Waals surface area contributed by atoms with Crippen molar-refractivity contribution in [2.24, 2.45) is 10.9 Å². The number of hydrogen-bond acceptors (Lipinski definition) is 3. The monoisotopic (exact) mass is 280 g/mol. The molecule has 18 heavy (non-hydrogen) atoms. The van der Waals surface area contributed by atoms with Gasteiger partial charge in [-0.2, -0.15) is 0 Å². The van der Waals surface area contributed by atoms with Crippen LogP contribution in [0.25, 0.3) is 0 Å². The molecule has 1 aliphatic heterocycles. The van der Waals surface area contributed by atoms with E-state index in [4.69, 9.17) is 4.99 Å². The molecule has 98 valence electrons. The maximum Gasteiger partial charge on any atom is 0.157 e. The summed E-state index contributed by atoms with van der Waals surface area (Å²) in [6, 6.07) is 2.94. The molecular weight excluding hydrogens is 260 g/mol. The van der Waals surface area contributed by atoms with Crippen molar-refractivity contribution in [3.05, 3.63) is 21.9 Å². The quantitative estimate of drug-likeness (QED) is 0.913. The normalized spacial score (nSPS) is 29.3. The molecule has 1 aromatic heterocycles. The molecule has 3 rings (SSSR count). The lowest BCUT2D eigenvalue weighted by atomic mass is 10.1. The van der Waals surface area contributed by atoms with E-state index in [0.29, 0.717) is 6.04 Å². The van der Waals surface area contributed by atoms with E-state index in [2.05, 4.69) is 23.7 Å². The van der Waals surface area contributed by atoms with E-state index in [1.807, 2.05) is 23.1 Å². The third-order valence-electron chi connectivity index (χ3n) is 3.99. The first-order valence-electron chi connectivity index (χ1n) is 6.86. The first-order chi connectivity index (χ1) is 8.86. The molecule has 2 atom stereocenters. The minimum Gasteiger partial charge on any atom is -0.362 e. The molecule has 2 fully saturated rings. The maximum atomic E-state index is 4.77. The van der Waals surface area contributed by atoms with Crippen molar-refractivity contribution in [2.45, 2.75) is 45.2 Å². The number of rotatable bonds is 3. The fourth-order valence-electron chi connectivity index (χ4n) is 2.87. The van der Waals surface area contributed by atoms with Gasteiger partial charge in [-0.25, -0.2) is 0 Å². The van der Waals surface area contributed by atoms with Gasteiger partial charge >= 0.3 is 0 Å². The lowest BCUT2D eigenvalue weighted by molar-refractivity contribution is 0.489. The van der Waals surface area contributed by atoms with Gasteiger partial charge in [0.2, 0.25) is 0 Å². The second-order valence-corrected chi connectivity index (χ2v) is 7.11. The van der Waals surface area contributed by atoms with Gasteiger partial charge in [0.25, 0.3) is 0 Å². The molecule has 1 aliphatic carbocycles. The Morgan fingerprint density at radius 1 is 1.44 bits per heavy atom. The van der Waals surface area contributed by atoms with Gasteiger partial charge in [0.1, 0.15) is 0 Å². The summed E-state index contributed by atoms with van der Waals surface area (Å²) in [5.41, 5.74) is 1.46. The fourth-order valence-corrected chi connectivity index (χ4v) is 4.93. The highest BCUT2D eigenvalue weighted by Gasteiger charge is 2.31. The van der Waals surface area contributed by atoms with Gasteiger partial charge in [-0.15, -0.1) is 11.3 Å². The fraction of sp³-hybridized carbons (Fsp3) is 0.643. The highest BCUT2D eigenvalue weighted by molar-refractivity contribution is 8.13. The van der Waals surface area contributed by atoms with Gasteiger partial charge in [-0.05, 0) is 42.2 Å². The highest BCUT2D eigenvalue weighted by atomic mass is 32.2.